The predicted molar refractivity (Wildman–Crippen MR) is 76.9 cm³/mol. The van der Waals surface area contributed by atoms with Gasteiger partial charge in [-0.2, -0.15) is 0 Å². The van der Waals surface area contributed by atoms with E-state index >= 15 is 0 Å². The molecule has 0 aliphatic rings. The third-order valence-corrected chi connectivity index (χ3v) is 2.55. The molecule has 0 spiro atoms. The Bertz CT molecular complexity index is 561. The van der Waals surface area contributed by atoms with Crippen molar-refractivity contribution in [2.75, 3.05) is 0 Å². The Morgan fingerprint density at radius 1 is 1.11 bits per heavy atom. The molecule has 2 rings (SSSR count). The zero-order valence-corrected chi connectivity index (χ0v) is 10.2. The average molecular weight is 233 g/mol. The fourth-order valence-electron chi connectivity index (χ4n) is 1.67. The second-order valence-corrected chi connectivity index (χ2v) is 3.88. The van der Waals surface area contributed by atoms with Gasteiger partial charge in [-0.1, -0.05) is 42.5 Å². The van der Waals surface area contributed by atoms with Crippen LogP contribution in [0.15, 0.2) is 73.1 Å². The molecular weight excluding hydrogens is 218 g/mol. The van der Waals surface area contributed by atoms with Gasteiger partial charge in [-0.15, -0.1) is 12.3 Å². The van der Waals surface area contributed by atoms with Gasteiger partial charge in [0.15, 0.2) is 0 Å². The summed E-state index contributed by atoms with van der Waals surface area (Å²) in [5.74, 6) is 0. The van der Waals surface area contributed by atoms with Crippen LogP contribution in [0, 0.1) is 0 Å². The Morgan fingerprint density at radius 2 is 1.89 bits per heavy atom. The molecule has 1 heterocycles. The third kappa shape index (κ3) is 3.31. The van der Waals surface area contributed by atoms with E-state index in [0.717, 1.165) is 17.7 Å². The van der Waals surface area contributed by atoms with Crippen LogP contribution in [0.1, 0.15) is 17.7 Å². The van der Waals surface area contributed by atoms with Gasteiger partial charge in [-0.25, -0.2) is 0 Å². The van der Waals surface area contributed by atoms with Crippen LogP contribution in [0.5, 0.6) is 0 Å². The zero-order valence-electron chi connectivity index (χ0n) is 10.2. The quantitative estimate of drug-likeness (QED) is 0.565. The molecule has 0 aliphatic carbocycles. The van der Waals surface area contributed by atoms with Crippen LogP contribution in [-0.2, 0) is 0 Å². The fourth-order valence-corrected chi connectivity index (χ4v) is 1.67. The predicted octanol–water partition coefficient (Wildman–Crippen LogP) is 4.35. The van der Waals surface area contributed by atoms with Crippen molar-refractivity contribution in [3.8, 4) is 0 Å². The Balaban J connectivity index is 2.36. The maximum absolute atomic E-state index is 4.25. The summed E-state index contributed by atoms with van der Waals surface area (Å²) >= 11 is 0. The summed E-state index contributed by atoms with van der Waals surface area (Å²) in [5, 5.41) is 0. The van der Waals surface area contributed by atoms with E-state index in [2.05, 4.69) is 29.4 Å². The molecule has 0 aliphatic heterocycles. The molecule has 0 N–H and O–H groups in total. The highest BCUT2D eigenvalue weighted by Gasteiger charge is 1.96. The van der Waals surface area contributed by atoms with Crippen molar-refractivity contribution in [2.24, 2.45) is 0 Å². The monoisotopic (exact) mass is 233 g/mol. The van der Waals surface area contributed by atoms with E-state index in [0.29, 0.717) is 0 Å². The van der Waals surface area contributed by atoms with E-state index in [9.17, 15) is 0 Å². The minimum absolute atomic E-state index is 0.799. The molecule has 0 atom stereocenters. The summed E-state index contributed by atoms with van der Waals surface area (Å²) in [7, 11) is 0. The van der Waals surface area contributed by atoms with E-state index in [1.165, 1.54) is 5.56 Å². The number of benzene rings is 1. The van der Waals surface area contributed by atoms with Gasteiger partial charge in [0, 0.05) is 17.8 Å². The number of hydrogen-bond acceptors (Lipinski definition) is 1. The van der Waals surface area contributed by atoms with Gasteiger partial charge >= 0.3 is 0 Å². The van der Waals surface area contributed by atoms with E-state index in [1.807, 2.05) is 48.6 Å². The Kier molecular flexibility index (Phi) is 4.29. The molecule has 0 saturated carbocycles. The second kappa shape index (κ2) is 6.39. The largest absolute Gasteiger partial charge is 0.256 e. The topological polar surface area (TPSA) is 12.9 Å². The number of aromatic nitrogens is 1. The Hall–Kier alpha value is -2.37. The van der Waals surface area contributed by atoms with Crippen molar-refractivity contribution in [3.05, 3.63) is 84.4 Å². The number of rotatable bonds is 4. The molecule has 0 fully saturated rings. The van der Waals surface area contributed by atoms with Crippen molar-refractivity contribution >= 4 is 11.6 Å². The molecule has 0 bridgehead atoms. The van der Waals surface area contributed by atoms with Crippen LogP contribution < -0.4 is 0 Å². The summed E-state index contributed by atoms with van der Waals surface area (Å²) in [6.45, 7) is 3.79. The molecule has 2 aromatic rings. The summed E-state index contributed by atoms with van der Waals surface area (Å²) in [4.78, 5) is 4.25. The number of pyridine rings is 1. The lowest BCUT2D eigenvalue weighted by Gasteiger charge is -2.00. The SMILES string of the molecule is C=CCC(=C=Cc1ccccn1)c1ccccc1. The van der Waals surface area contributed by atoms with Gasteiger partial charge in [0.05, 0.1) is 5.69 Å². The first-order valence-corrected chi connectivity index (χ1v) is 5.93. The summed E-state index contributed by atoms with van der Waals surface area (Å²) in [6, 6.07) is 16.1. The van der Waals surface area contributed by atoms with Crippen LogP contribution in [0.4, 0.5) is 0 Å². The maximum Gasteiger partial charge on any atom is 0.0706 e. The molecule has 0 radical (unpaired) electrons. The van der Waals surface area contributed by atoms with E-state index in [1.54, 1.807) is 6.20 Å². The number of hydrogen-bond donors (Lipinski definition) is 0. The lowest BCUT2D eigenvalue weighted by Crippen LogP contribution is -1.81. The van der Waals surface area contributed by atoms with Crippen LogP contribution in [0.25, 0.3) is 11.6 Å². The maximum atomic E-state index is 4.25. The van der Waals surface area contributed by atoms with Crippen LogP contribution in [0.2, 0.25) is 0 Å². The van der Waals surface area contributed by atoms with Crippen molar-refractivity contribution < 1.29 is 0 Å². The summed E-state index contributed by atoms with van der Waals surface area (Å²) in [6.07, 6.45) is 6.38. The van der Waals surface area contributed by atoms with Crippen LogP contribution in [0.3, 0.4) is 0 Å². The van der Waals surface area contributed by atoms with Gasteiger partial charge in [-0.05, 0) is 24.1 Å². The zero-order chi connectivity index (χ0) is 12.6. The molecule has 18 heavy (non-hydrogen) atoms. The molecule has 1 aromatic heterocycles. The minimum atomic E-state index is 0.799. The fraction of sp³-hybridized carbons (Fsp3) is 0.0588. The van der Waals surface area contributed by atoms with Crippen molar-refractivity contribution in [2.45, 2.75) is 6.42 Å². The molecule has 0 amide bonds. The summed E-state index contributed by atoms with van der Waals surface area (Å²) < 4.78 is 0. The van der Waals surface area contributed by atoms with Crippen molar-refractivity contribution in [1.82, 2.24) is 4.98 Å². The molecule has 0 unspecified atom stereocenters. The highest BCUT2D eigenvalue weighted by Crippen LogP contribution is 2.17. The van der Waals surface area contributed by atoms with Gasteiger partial charge in [-0.3, -0.25) is 4.98 Å². The highest BCUT2D eigenvalue weighted by atomic mass is 14.6. The van der Waals surface area contributed by atoms with Gasteiger partial charge in [0.25, 0.3) is 0 Å². The van der Waals surface area contributed by atoms with Crippen molar-refractivity contribution in [3.63, 3.8) is 0 Å². The molecule has 1 nitrogen and oxygen atoms in total. The molecule has 88 valence electrons. The Morgan fingerprint density at radius 3 is 2.56 bits per heavy atom. The lowest BCUT2D eigenvalue weighted by molar-refractivity contribution is 1.30. The molecule has 0 saturated heterocycles. The highest BCUT2D eigenvalue weighted by molar-refractivity contribution is 5.69. The second-order valence-electron chi connectivity index (χ2n) is 3.88. The van der Waals surface area contributed by atoms with Gasteiger partial charge in [0.2, 0.25) is 0 Å². The number of nitrogens with zero attached hydrogens (tertiary/aromatic N) is 1. The van der Waals surface area contributed by atoms with E-state index in [-0.39, 0.29) is 0 Å². The van der Waals surface area contributed by atoms with Crippen molar-refractivity contribution in [1.29, 1.82) is 0 Å². The first kappa shape index (κ1) is 12.1. The van der Waals surface area contributed by atoms with E-state index in [4.69, 9.17) is 0 Å². The molecule has 1 aromatic carbocycles. The number of allylic oxidation sites excluding steroid dienone is 2. The standard InChI is InChI=1S/C17H15N/c1-2-8-15(16-9-4-3-5-10-16)12-13-17-11-6-7-14-18-17/h2-7,9-11,13-14H,1,8H2. The first-order chi connectivity index (χ1) is 8.90. The molecule has 1 heteroatoms. The normalized spacial score (nSPS) is 9.33. The Labute approximate surface area is 108 Å². The third-order valence-electron chi connectivity index (χ3n) is 2.55. The average Bonchev–Trinajstić information content (AvgIpc) is 2.45. The van der Waals surface area contributed by atoms with Gasteiger partial charge in [0.1, 0.15) is 0 Å². The van der Waals surface area contributed by atoms with Crippen LogP contribution in [-0.4, -0.2) is 4.98 Å². The summed E-state index contributed by atoms with van der Waals surface area (Å²) in [5.41, 5.74) is 6.52. The first-order valence-electron chi connectivity index (χ1n) is 5.93. The van der Waals surface area contributed by atoms with E-state index < -0.39 is 0 Å². The van der Waals surface area contributed by atoms with Crippen LogP contribution >= 0.6 is 0 Å². The smallest absolute Gasteiger partial charge is 0.0706 e. The lowest BCUT2D eigenvalue weighted by atomic mass is 10.0. The van der Waals surface area contributed by atoms with Gasteiger partial charge < -0.3 is 0 Å². The molecular formula is C17H15N. The minimum Gasteiger partial charge on any atom is -0.256 e.